The number of hydrogen-bond acceptors (Lipinski definition) is 4. The molecule has 1 unspecified atom stereocenters. The van der Waals surface area contributed by atoms with Gasteiger partial charge >= 0.3 is 6.03 Å². The van der Waals surface area contributed by atoms with Crippen molar-refractivity contribution in [3.8, 4) is 11.4 Å². The van der Waals surface area contributed by atoms with Crippen molar-refractivity contribution in [3.63, 3.8) is 0 Å². The number of carbonyl (C=O) groups excluding carboxylic acids is 1. The molecule has 2 heterocycles. The molecule has 0 spiro atoms. The van der Waals surface area contributed by atoms with E-state index in [0.717, 1.165) is 28.0 Å². The third kappa shape index (κ3) is 5.48. The van der Waals surface area contributed by atoms with Crippen molar-refractivity contribution in [2.45, 2.75) is 32.2 Å². The molecular formula is C29H30N6O2. The van der Waals surface area contributed by atoms with Gasteiger partial charge in [0.25, 0.3) is 0 Å². The number of rotatable bonds is 8. The normalized spacial score (nSPS) is 12.0. The fraction of sp³-hybridized carbons (Fsp3) is 0.207. The van der Waals surface area contributed by atoms with Crippen LogP contribution in [0.5, 0.6) is 5.75 Å². The number of methoxy groups -OCH3 is 1. The number of aromatic nitrogens is 4. The van der Waals surface area contributed by atoms with Crippen LogP contribution in [0, 0.1) is 0 Å². The Hall–Kier alpha value is -4.59. The zero-order valence-corrected chi connectivity index (χ0v) is 21.1. The third-order valence-corrected chi connectivity index (χ3v) is 6.33. The second-order valence-corrected chi connectivity index (χ2v) is 9.22. The Bertz CT molecular complexity index is 1450. The maximum Gasteiger partial charge on any atom is 0.321 e. The molecule has 2 aromatic heterocycles. The van der Waals surface area contributed by atoms with Crippen molar-refractivity contribution >= 4 is 22.9 Å². The van der Waals surface area contributed by atoms with Crippen molar-refractivity contribution in [2.24, 2.45) is 0 Å². The molecule has 8 nitrogen and oxygen atoms in total. The van der Waals surface area contributed by atoms with Crippen molar-refractivity contribution in [2.75, 3.05) is 12.4 Å². The van der Waals surface area contributed by atoms with Crippen LogP contribution in [-0.2, 0) is 6.42 Å². The third-order valence-electron chi connectivity index (χ3n) is 6.33. The molecule has 0 aliphatic rings. The molecule has 8 heteroatoms. The van der Waals surface area contributed by atoms with Crippen LogP contribution in [0.2, 0.25) is 0 Å². The van der Waals surface area contributed by atoms with E-state index < -0.39 is 0 Å². The quantitative estimate of drug-likeness (QED) is 0.247. The first kappa shape index (κ1) is 24.1. The summed E-state index contributed by atoms with van der Waals surface area (Å²) in [6.45, 7) is 4.31. The summed E-state index contributed by atoms with van der Waals surface area (Å²) in [6, 6.07) is 24.8. The van der Waals surface area contributed by atoms with E-state index in [1.54, 1.807) is 24.1 Å². The monoisotopic (exact) mass is 494 g/mol. The number of ether oxygens (including phenoxy) is 1. The SMILES string of the molecule is COc1ccc(CC(NC(=O)Nc2ccnn2-c2ccc(C(C)C)cc2)c2nc3ccccc3[nH]2)cc1. The second kappa shape index (κ2) is 10.6. The minimum absolute atomic E-state index is 0.348. The molecule has 0 saturated heterocycles. The van der Waals surface area contributed by atoms with Crippen molar-refractivity contribution in [1.82, 2.24) is 25.1 Å². The Morgan fingerprint density at radius 2 is 1.76 bits per heavy atom. The molecular weight excluding hydrogens is 464 g/mol. The number of anilines is 1. The van der Waals surface area contributed by atoms with Gasteiger partial charge in [0.2, 0.25) is 0 Å². The topological polar surface area (TPSA) is 96.9 Å². The number of fused-ring (bicyclic) bond motifs is 1. The van der Waals surface area contributed by atoms with Gasteiger partial charge in [-0.2, -0.15) is 5.10 Å². The molecule has 1 atom stereocenters. The van der Waals surface area contributed by atoms with Crippen molar-refractivity contribution in [1.29, 1.82) is 0 Å². The second-order valence-electron chi connectivity index (χ2n) is 9.22. The number of nitrogens with zero attached hydrogens (tertiary/aromatic N) is 3. The zero-order valence-electron chi connectivity index (χ0n) is 21.1. The van der Waals surface area contributed by atoms with E-state index in [2.05, 4.69) is 46.7 Å². The van der Waals surface area contributed by atoms with E-state index in [0.29, 0.717) is 24.0 Å². The van der Waals surface area contributed by atoms with Gasteiger partial charge in [-0.05, 0) is 59.9 Å². The highest BCUT2D eigenvalue weighted by atomic mass is 16.5. The van der Waals surface area contributed by atoms with Crippen LogP contribution in [0.1, 0.15) is 42.8 Å². The van der Waals surface area contributed by atoms with Crippen molar-refractivity contribution < 1.29 is 9.53 Å². The number of imidazole rings is 1. The molecule has 0 bridgehead atoms. The highest BCUT2D eigenvalue weighted by Crippen LogP contribution is 2.23. The average molecular weight is 495 g/mol. The molecule has 0 fully saturated rings. The number of amides is 2. The Morgan fingerprint density at radius 3 is 2.46 bits per heavy atom. The average Bonchev–Trinajstić information content (AvgIpc) is 3.56. The lowest BCUT2D eigenvalue weighted by Crippen LogP contribution is -2.34. The summed E-state index contributed by atoms with van der Waals surface area (Å²) in [7, 11) is 1.64. The molecule has 37 heavy (non-hydrogen) atoms. The van der Waals surface area contributed by atoms with Crippen LogP contribution >= 0.6 is 0 Å². The minimum Gasteiger partial charge on any atom is -0.497 e. The van der Waals surface area contributed by atoms with Gasteiger partial charge in [0, 0.05) is 6.07 Å². The fourth-order valence-electron chi connectivity index (χ4n) is 4.27. The number of aromatic amines is 1. The number of H-pyrrole nitrogens is 1. The van der Waals surface area contributed by atoms with Gasteiger partial charge in [-0.15, -0.1) is 0 Å². The first-order valence-corrected chi connectivity index (χ1v) is 12.3. The Kier molecular flexibility index (Phi) is 6.89. The smallest absolute Gasteiger partial charge is 0.321 e. The Morgan fingerprint density at radius 1 is 1.00 bits per heavy atom. The van der Waals surface area contributed by atoms with E-state index in [9.17, 15) is 4.79 Å². The molecule has 2 amide bonds. The highest BCUT2D eigenvalue weighted by molar-refractivity contribution is 5.89. The van der Waals surface area contributed by atoms with Gasteiger partial charge in [-0.1, -0.05) is 50.2 Å². The summed E-state index contributed by atoms with van der Waals surface area (Å²) in [5.74, 6) is 2.48. The standard InChI is InChI=1S/C29H30N6O2/c1-19(2)21-10-12-22(13-11-21)35-27(16-17-30-35)34-29(36)33-26(18-20-8-14-23(37-3)15-9-20)28-31-24-6-4-5-7-25(24)32-28/h4-17,19,26H,18H2,1-3H3,(H,31,32)(H2,33,34,36). The lowest BCUT2D eigenvalue weighted by atomic mass is 10.0. The molecule has 0 aliphatic heterocycles. The van der Waals surface area contributed by atoms with Gasteiger partial charge in [-0.25, -0.2) is 14.5 Å². The van der Waals surface area contributed by atoms with Gasteiger partial charge in [-0.3, -0.25) is 5.32 Å². The molecule has 3 N–H and O–H groups in total. The Balaban J connectivity index is 1.37. The minimum atomic E-state index is -0.387. The first-order valence-electron chi connectivity index (χ1n) is 12.3. The summed E-state index contributed by atoms with van der Waals surface area (Å²) in [6.07, 6.45) is 2.22. The number of para-hydroxylation sites is 2. The van der Waals surface area contributed by atoms with Gasteiger partial charge in [0.1, 0.15) is 17.4 Å². The predicted octanol–water partition coefficient (Wildman–Crippen LogP) is 5.99. The fourth-order valence-corrected chi connectivity index (χ4v) is 4.27. The predicted molar refractivity (Wildman–Crippen MR) is 145 cm³/mol. The van der Waals surface area contributed by atoms with E-state index in [4.69, 9.17) is 9.72 Å². The largest absolute Gasteiger partial charge is 0.497 e. The summed E-state index contributed by atoms with van der Waals surface area (Å²) in [5, 5.41) is 10.5. The van der Waals surface area contributed by atoms with E-state index >= 15 is 0 Å². The van der Waals surface area contributed by atoms with Crippen LogP contribution < -0.4 is 15.4 Å². The van der Waals surface area contributed by atoms with Gasteiger partial charge in [0.05, 0.1) is 36.1 Å². The molecule has 5 rings (SSSR count). The van der Waals surface area contributed by atoms with Crippen LogP contribution in [0.25, 0.3) is 16.7 Å². The number of urea groups is 1. The summed E-state index contributed by atoms with van der Waals surface area (Å²) >= 11 is 0. The van der Waals surface area contributed by atoms with E-state index in [1.165, 1.54) is 5.56 Å². The highest BCUT2D eigenvalue weighted by Gasteiger charge is 2.20. The lowest BCUT2D eigenvalue weighted by molar-refractivity contribution is 0.248. The molecule has 188 valence electrons. The first-order chi connectivity index (χ1) is 18.0. The summed E-state index contributed by atoms with van der Waals surface area (Å²) < 4.78 is 6.99. The molecule has 0 saturated carbocycles. The van der Waals surface area contributed by atoms with Gasteiger partial charge in [0.15, 0.2) is 0 Å². The number of nitrogens with one attached hydrogen (secondary N) is 3. The molecule has 0 radical (unpaired) electrons. The van der Waals surface area contributed by atoms with Crippen LogP contribution in [-0.4, -0.2) is 32.9 Å². The summed E-state index contributed by atoms with van der Waals surface area (Å²) in [5.41, 5.74) is 4.93. The molecule has 0 aliphatic carbocycles. The number of benzene rings is 3. The van der Waals surface area contributed by atoms with Crippen LogP contribution in [0.4, 0.5) is 10.6 Å². The van der Waals surface area contributed by atoms with Gasteiger partial charge < -0.3 is 15.0 Å². The zero-order chi connectivity index (χ0) is 25.8. The number of hydrogen-bond donors (Lipinski definition) is 3. The molecule has 5 aromatic rings. The van der Waals surface area contributed by atoms with E-state index in [-0.39, 0.29) is 12.1 Å². The number of carbonyl (C=O) groups is 1. The molecule has 3 aromatic carbocycles. The van der Waals surface area contributed by atoms with Crippen LogP contribution in [0.15, 0.2) is 85.1 Å². The van der Waals surface area contributed by atoms with Crippen molar-refractivity contribution in [3.05, 3.63) is 102 Å². The summed E-state index contributed by atoms with van der Waals surface area (Å²) in [4.78, 5) is 21.3. The lowest BCUT2D eigenvalue weighted by Gasteiger charge is -2.18. The van der Waals surface area contributed by atoms with Crippen LogP contribution in [0.3, 0.4) is 0 Å². The van der Waals surface area contributed by atoms with E-state index in [1.807, 2.05) is 60.7 Å². The maximum atomic E-state index is 13.2. The Labute approximate surface area is 215 Å². The maximum absolute atomic E-state index is 13.2.